The van der Waals surface area contributed by atoms with Gasteiger partial charge in [-0.25, -0.2) is 23.1 Å². The van der Waals surface area contributed by atoms with Crippen LogP contribution in [0.15, 0.2) is 30.3 Å². The number of phenols is 1. The van der Waals surface area contributed by atoms with E-state index in [0.29, 0.717) is 55.2 Å². The summed E-state index contributed by atoms with van der Waals surface area (Å²) in [5.74, 6) is 1.03. The van der Waals surface area contributed by atoms with E-state index in [0.717, 1.165) is 19.4 Å². The molecule has 3 fully saturated rings. The van der Waals surface area contributed by atoms with Gasteiger partial charge in [-0.1, -0.05) is 12.0 Å². The van der Waals surface area contributed by atoms with Crippen LogP contribution in [0.1, 0.15) is 44.1 Å². The Hall–Kier alpha value is -4.27. The number of ether oxygens (including phenoxy) is 2. The second kappa shape index (κ2) is 10.9. The number of aliphatic hydroxyl groups is 1. The zero-order valence-electron chi connectivity index (χ0n) is 25.1. The quantitative estimate of drug-likeness (QED) is 0.287. The van der Waals surface area contributed by atoms with Crippen molar-refractivity contribution in [3.8, 4) is 41.1 Å². The van der Waals surface area contributed by atoms with Crippen LogP contribution in [0.25, 0.3) is 32.9 Å². The summed E-state index contributed by atoms with van der Waals surface area (Å²) in [5.41, 5.74) is -0.0727. The molecule has 2 N–H and O–H groups in total. The van der Waals surface area contributed by atoms with E-state index in [2.05, 4.69) is 25.7 Å². The van der Waals surface area contributed by atoms with E-state index in [1.54, 1.807) is 6.07 Å². The summed E-state index contributed by atoms with van der Waals surface area (Å²) >= 11 is 0. The first-order chi connectivity index (χ1) is 22.2. The SMILES string of the molecule is C#Cc1c(F)ccc2cc(O)cc(-c3nc4c5c(cc(OC[C@@]67CCCN6C[C@H](F)C7)nc5c3F)N3CC[C@@H](O)CC[C@@H]3CO4)c12. The normalized spacial score (nSPS) is 25.9. The number of aromatic hydroxyl groups is 1. The van der Waals surface area contributed by atoms with Crippen LogP contribution in [-0.4, -0.2) is 81.8 Å². The number of hydrogen-bond acceptors (Lipinski definition) is 8. The Morgan fingerprint density at radius 3 is 2.83 bits per heavy atom. The van der Waals surface area contributed by atoms with Crippen molar-refractivity contribution in [2.45, 2.75) is 62.4 Å². The first-order valence-electron chi connectivity index (χ1n) is 15.8. The molecule has 0 bridgehead atoms. The highest BCUT2D eigenvalue weighted by Crippen LogP contribution is 2.46. The molecule has 46 heavy (non-hydrogen) atoms. The molecule has 8 nitrogen and oxygen atoms in total. The number of phenolic OH excluding ortho intramolecular Hbond substituents is 1. The van der Waals surface area contributed by atoms with Crippen LogP contribution in [0.5, 0.6) is 17.5 Å². The number of halogens is 3. The zero-order chi connectivity index (χ0) is 31.7. The van der Waals surface area contributed by atoms with Crippen molar-refractivity contribution in [1.82, 2.24) is 14.9 Å². The second-order valence-corrected chi connectivity index (χ2v) is 13.0. The Morgan fingerprint density at radius 2 is 1.98 bits per heavy atom. The molecule has 0 spiro atoms. The molecular weight excluding hydrogens is 597 g/mol. The van der Waals surface area contributed by atoms with Gasteiger partial charge in [-0.15, -0.1) is 6.42 Å². The smallest absolute Gasteiger partial charge is 0.225 e. The van der Waals surface area contributed by atoms with Gasteiger partial charge in [0.2, 0.25) is 11.8 Å². The van der Waals surface area contributed by atoms with Gasteiger partial charge < -0.3 is 24.6 Å². The molecule has 0 saturated carbocycles. The third-order valence-electron chi connectivity index (χ3n) is 10.2. The van der Waals surface area contributed by atoms with Gasteiger partial charge in [-0.3, -0.25) is 4.90 Å². The van der Waals surface area contributed by atoms with E-state index in [-0.39, 0.29) is 64.5 Å². The minimum atomic E-state index is -0.928. The Bertz CT molecular complexity index is 1930. The van der Waals surface area contributed by atoms with Gasteiger partial charge in [0.1, 0.15) is 42.2 Å². The van der Waals surface area contributed by atoms with Crippen molar-refractivity contribution >= 4 is 27.4 Å². The van der Waals surface area contributed by atoms with Crippen LogP contribution in [0.4, 0.5) is 18.9 Å². The molecule has 3 saturated heterocycles. The predicted molar refractivity (Wildman–Crippen MR) is 167 cm³/mol. The van der Waals surface area contributed by atoms with E-state index >= 15 is 4.39 Å². The van der Waals surface area contributed by atoms with Crippen molar-refractivity contribution in [1.29, 1.82) is 0 Å². The van der Waals surface area contributed by atoms with E-state index in [9.17, 15) is 19.0 Å². The molecular formula is C35H33F3N4O4. The number of anilines is 1. The van der Waals surface area contributed by atoms with Crippen LogP contribution in [-0.2, 0) is 0 Å². The van der Waals surface area contributed by atoms with Crippen molar-refractivity contribution < 1.29 is 32.9 Å². The summed E-state index contributed by atoms with van der Waals surface area (Å²) in [5, 5.41) is 22.1. The van der Waals surface area contributed by atoms with Gasteiger partial charge in [0.15, 0.2) is 5.82 Å². The van der Waals surface area contributed by atoms with Crippen molar-refractivity contribution in [2.24, 2.45) is 0 Å². The number of aromatic nitrogens is 2. The van der Waals surface area contributed by atoms with Gasteiger partial charge in [0, 0.05) is 36.5 Å². The summed E-state index contributed by atoms with van der Waals surface area (Å²) in [4.78, 5) is 13.5. The minimum absolute atomic E-state index is 0.0660. The Labute approximate surface area is 263 Å². The molecule has 0 amide bonds. The fourth-order valence-corrected chi connectivity index (χ4v) is 8.01. The van der Waals surface area contributed by atoms with Crippen molar-refractivity contribution in [3.05, 3.63) is 47.5 Å². The van der Waals surface area contributed by atoms with Gasteiger partial charge >= 0.3 is 0 Å². The van der Waals surface area contributed by atoms with Crippen LogP contribution < -0.4 is 14.4 Å². The first kappa shape index (κ1) is 29.2. The molecule has 0 radical (unpaired) electrons. The van der Waals surface area contributed by atoms with Gasteiger partial charge in [-0.2, -0.15) is 0 Å². The maximum absolute atomic E-state index is 17.0. The average molecular weight is 631 g/mol. The third-order valence-corrected chi connectivity index (χ3v) is 10.2. The summed E-state index contributed by atoms with van der Waals surface area (Å²) in [7, 11) is 0. The molecule has 2 aromatic carbocycles. The number of fused-ring (bicyclic) bond motifs is 4. The van der Waals surface area contributed by atoms with E-state index in [1.165, 1.54) is 24.3 Å². The molecule has 238 valence electrons. The van der Waals surface area contributed by atoms with E-state index < -0.39 is 29.4 Å². The molecule has 4 aliphatic heterocycles. The molecule has 0 unspecified atom stereocenters. The number of benzene rings is 2. The number of hydrogen-bond donors (Lipinski definition) is 2. The average Bonchev–Trinajstić information content (AvgIpc) is 3.43. The number of rotatable bonds is 4. The fourth-order valence-electron chi connectivity index (χ4n) is 8.01. The Kier molecular flexibility index (Phi) is 6.92. The number of terminal acetylenes is 1. The van der Waals surface area contributed by atoms with Crippen LogP contribution in [0, 0.1) is 24.0 Å². The van der Waals surface area contributed by atoms with E-state index in [1.807, 2.05) is 0 Å². The molecule has 4 aliphatic rings. The number of aliphatic hydroxyl groups excluding tert-OH is 1. The number of pyridine rings is 2. The largest absolute Gasteiger partial charge is 0.508 e. The predicted octanol–water partition coefficient (Wildman–Crippen LogP) is 5.48. The highest BCUT2D eigenvalue weighted by molar-refractivity contribution is 6.04. The topological polar surface area (TPSA) is 91.2 Å². The van der Waals surface area contributed by atoms with Crippen LogP contribution in [0.3, 0.4) is 0 Å². The molecule has 11 heteroatoms. The molecule has 4 aromatic rings. The van der Waals surface area contributed by atoms with E-state index in [4.69, 9.17) is 15.9 Å². The molecule has 6 heterocycles. The van der Waals surface area contributed by atoms with Crippen LogP contribution in [0.2, 0.25) is 0 Å². The Morgan fingerprint density at radius 1 is 1.11 bits per heavy atom. The third kappa shape index (κ3) is 4.61. The fraction of sp³-hybridized carbons (Fsp3) is 0.429. The highest BCUT2D eigenvalue weighted by atomic mass is 19.1. The molecule has 0 aliphatic carbocycles. The van der Waals surface area contributed by atoms with Gasteiger partial charge in [-0.05, 0) is 62.2 Å². The summed E-state index contributed by atoms with van der Waals surface area (Å²) in [6, 6.07) is 7.03. The van der Waals surface area contributed by atoms with Gasteiger partial charge in [0.05, 0.1) is 34.3 Å². The lowest BCUT2D eigenvalue weighted by Gasteiger charge is -2.32. The van der Waals surface area contributed by atoms with Gasteiger partial charge in [0.25, 0.3) is 0 Å². The minimum Gasteiger partial charge on any atom is -0.508 e. The second-order valence-electron chi connectivity index (χ2n) is 13.0. The van der Waals surface area contributed by atoms with Crippen molar-refractivity contribution in [3.63, 3.8) is 0 Å². The monoisotopic (exact) mass is 630 g/mol. The molecule has 8 rings (SSSR count). The standard InChI is InChI=1S/C35H33F3N4O4/c1-2-24-26(37)7-4-19-12-23(44)13-25(29(19)24)32-31(38)33-30-27(42-11-8-22(43)6-5-21(42)17-45-34(30)40-32)14-28(39-33)46-18-35-9-3-10-41(35)16-20(36)15-35/h1,4,7,12-14,20-22,43-44H,3,5-6,8-11,15-18H2/t20-,21-,22+,35+/m1/s1. The maximum atomic E-state index is 17.0. The zero-order valence-corrected chi connectivity index (χ0v) is 25.1. The highest BCUT2D eigenvalue weighted by Gasteiger charge is 2.49. The number of alkyl halides is 1. The first-order valence-corrected chi connectivity index (χ1v) is 15.8. The van der Waals surface area contributed by atoms with Crippen molar-refractivity contribution in [2.75, 3.05) is 37.7 Å². The summed E-state index contributed by atoms with van der Waals surface area (Å²) < 4.78 is 59.0. The summed E-state index contributed by atoms with van der Waals surface area (Å²) in [6.45, 7) is 2.12. The molecule has 2 aromatic heterocycles. The lowest BCUT2D eigenvalue weighted by molar-refractivity contribution is 0.111. The Balaban J connectivity index is 1.33. The lowest BCUT2D eigenvalue weighted by Crippen LogP contribution is -2.43. The lowest BCUT2D eigenvalue weighted by atomic mass is 9.95. The maximum Gasteiger partial charge on any atom is 0.225 e. The van der Waals surface area contributed by atoms with Crippen LogP contribution >= 0.6 is 0 Å². The molecule has 4 atom stereocenters. The number of nitrogens with zero attached hydrogens (tertiary/aromatic N) is 4. The summed E-state index contributed by atoms with van der Waals surface area (Å²) in [6.07, 6.45) is 8.19.